The molecule has 0 saturated heterocycles. The highest BCUT2D eigenvalue weighted by atomic mass is 16.5. The van der Waals surface area contributed by atoms with E-state index in [1.165, 1.54) is 11.7 Å². The van der Waals surface area contributed by atoms with Crippen molar-refractivity contribution in [2.75, 3.05) is 7.11 Å². The quantitative estimate of drug-likeness (QED) is 0.791. The van der Waals surface area contributed by atoms with Gasteiger partial charge < -0.3 is 14.4 Å². The largest absolute Gasteiger partial charge is 0.504 e. The number of aryl methyl sites for hydroxylation is 2. The van der Waals surface area contributed by atoms with Gasteiger partial charge in [0.1, 0.15) is 0 Å². The predicted octanol–water partition coefficient (Wildman–Crippen LogP) is 1.56. The molecule has 0 fully saturated rings. The van der Waals surface area contributed by atoms with E-state index in [1.807, 2.05) is 19.1 Å². The number of nitrogens with zero attached hydrogens (tertiary/aromatic N) is 1. The van der Waals surface area contributed by atoms with E-state index in [2.05, 4.69) is 0 Å². The lowest BCUT2D eigenvalue weighted by molar-refractivity contribution is 0.368. The molecule has 0 spiro atoms. The third kappa shape index (κ3) is 1.34. The van der Waals surface area contributed by atoms with Crippen molar-refractivity contribution in [3.8, 4) is 11.5 Å². The molecule has 1 N–H and O–H groups in total. The van der Waals surface area contributed by atoms with Gasteiger partial charge in [-0.3, -0.25) is 4.79 Å². The number of pyridine rings is 1. The van der Waals surface area contributed by atoms with Gasteiger partial charge in [0.25, 0.3) is 5.56 Å². The zero-order valence-electron chi connectivity index (χ0n) is 9.44. The minimum Gasteiger partial charge on any atom is -0.504 e. The SMILES string of the molecule is COc1c(O)c2ccc(C)cc2n(C)c1=O. The number of aromatic hydroxyl groups is 1. The highest BCUT2D eigenvalue weighted by Gasteiger charge is 2.14. The minimum absolute atomic E-state index is 0.0150. The molecule has 84 valence electrons. The number of methoxy groups -OCH3 is 1. The number of ether oxygens (including phenoxy) is 1. The predicted molar refractivity (Wildman–Crippen MR) is 62.1 cm³/mol. The first kappa shape index (κ1) is 10.5. The van der Waals surface area contributed by atoms with Gasteiger partial charge in [-0.05, 0) is 24.6 Å². The molecule has 1 aromatic carbocycles. The lowest BCUT2D eigenvalue weighted by atomic mass is 10.1. The van der Waals surface area contributed by atoms with Gasteiger partial charge >= 0.3 is 0 Å². The summed E-state index contributed by atoms with van der Waals surface area (Å²) in [5, 5.41) is 10.5. The molecule has 0 bridgehead atoms. The maximum absolute atomic E-state index is 11.8. The summed E-state index contributed by atoms with van der Waals surface area (Å²) in [4.78, 5) is 11.8. The molecule has 16 heavy (non-hydrogen) atoms. The average Bonchev–Trinajstić information content (AvgIpc) is 2.27. The molecule has 1 aromatic heterocycles. The fraction of sp³-hybridized carbons (Fsp3) is 0.250. The van der Waals surface area contributed by atoms with Crippen molar-refractivity contribution in [1.82, 2.24) is 4.57 Å². The van der Waals surface area contributed by atoms with Crippen LogP contribution in [0.15, 0.2) is 23.0 Å². The first-order valence-corrected chi connectivity index (χ1v) is 4.92. The standard InChI is InChI=1S/C12H13NO3/c1-7-4-5-8-9(6-7)13(2)12(15)11(16-3)10(8)14/h4-6,14H,1-3H3. The lowest BCUT2D eigenvalue weighted by Gasteiger charge is -2.11. The Balaban J connectivity index is 3.01. The fourth-order valence-electron chi connectivity index (χ4n) is 1.79. The number of rotatable bonds is 1. The van der Waals surface area contributed by atoms with Crippen LogP contribution in [-0.2, 0) is 7.05 Å². The summed E-state index contributed by atoms with van der Waals surface area (Å²) >= 11 is 0. The zero-order chi connectivity index (χ0) is 11.9. The van der Waals surface area contributed by atoms with Crippen LogP contribution in [0.3, 0.4) is 0 Å². The number of hydrogen-bond acceptors (Lipinski definition) is 3. The van der Waals surface area contributed by atoms with Crippen molar-refractivity contribution in [1.29, 1.82) is 0 Å². The fourth-order valence-corrected chi connectivity index (χ4v) is 1.79. The summed E-state index contributed by atoms with van der Waals surface area (Å²) in [6.07, 6.45) is 0. The van der Waals surface area contributed by atoms with Crippen LogP contribution in [0.5, 0.6) is 11.5 Å². The van der Waals surface area contributed by atoms with Gasteiger partial charge in [0.15, 0.2) is 5.75 Å². The van der Waals surface area contributed by atoms with Gasteiger partial charge in [0.2, 0.25) is 5.75 Å². The van der Waals surface area contributed by atoms with E-state index in [4.69, 9.17) is 4.74 Å². The smallest absolute Gasteiger partial charge is 0.297 e. The Morgan fingerprint density at radius 3 is 2.69 bits per heavy atom. The summed E-state index contributed by atoms with van der Waals surface area (Å²) in [7, 11) is 3.03. The van der Waals surface area contributed by atoms with Crippen LogP contribution in [0.4, 0.5) is 0 Å². The van der Waals surface area contributed by atoms with Crippen LogP contribution in [0, 0.1) is 6.92 Å². The monoisotopic (exact) mass is 219 g/mol. The van der Waals surface area contributed by atoms with Gasteiger partial charge in [-0.25, -0.2) is 0 Å². The molecule has 0 saturated carbocycles. The maximum Gasteiger partial charge on any atom is 0.297 e. The first-order chi connectivity index (χ1) is 7.56. The van der Waals surface area contributed by atoms with E-state index in [9.17, 15) is 9.90 Å². The number of fused-ring (bicyclic) bond motifs is 1. The molecule has 4 nitrogen and oxygen atoms in total. The van der Waals surface area contributed by atoms with Crippen LogP contribution < -0.4 is 10.3 Å². The van der Waals surface area contributed by atoms with Crippen molar-refractivity contribution in [3.63, 3.8) is 0 Å². The molecule has 0 aliphatic carbocycles. The van der Waals surface area contributed by atoms with Gasteiger partial charge in [-0.2, -0.15) is 0 Å². The van der Waals surface area contributed by atoms with Crippen molar-refractivity contribution in [2.45, 2.75) is 6.92 Å². The van der Waals surface area contributed by atoms with Crippen molar-refractivity contribution in [3.05, 3.63) is 34.1 Å². The first-order valence-electron chi connectivity index (χ1n) is 4.92. The van der Waals surface area contributed by atoms with E-state index in [-0.39, 0.29) is 17.1 Å². The van der Waals surface area contributed by atoms with E-state index >= 15 is 0 Å². The Hall–Kier alpha value is -1.97. The van der Waals surface area contributed by atoms with E-state index in [1.54, 1.807) is 13.1 Å². The molecule has 0 unspecified atom stereocenters. The van der Waals surface area contributed by atoms with E-state index in [0.717, 1.165) is 5.56 Å². The summed E-state index contributed by atoms with van der Waals surface area (Å²) in [5.41, 5.74) is 1.40. The molecule has 0 radical (unpaired) electrons. The highest BCUT2D eigenvalue weighted by molar-refractivity contribution is 5.87. The average molecular weight is 219 g/mol. The van der Waals surface area contributed by atoms with Gasteiger partial charge in [0.05, 0.1) is 12.6 Å². The van der Waals surface area contributed by atoms with Gasteiger partial charge in [-0.15, -0.1) is 0 Å². The van der Waals surface area contributed by atoms with Crippen molar-refractivity contribution in [2.24, 2.45) is 7.05 Å². The second-order valence-corrected chi connectivity index (χ2v) is 3.77. The Bertz CT molecular complexity index is 614. The molecule has 0 aliphatic rings. The summed E-state index contributed by atoms with van der Waals surface area (Å²) in [6.45, 7) is 1.94. The third-order valence-corrected chi connectivity index (χ3v) is 2.69. The van der Waals surface area contributed by atoms with Crippen LogP contribution in [0.2, 0.25) is 0 Å². The van der Waals surface area contributed by atoms with Gasteiger partial charge in [0, 0.05) is 12.4 Å². The third-order valence-electron chi connectivity index (χ3n) is 2.69. The van der Waals surface area contributed by atoms with Crippen LogP contribution in [-0.4, -0.2) is 16.8 Å². The number of aromatic nitrogens is 1. The molecule has 0 amide bonds. The molecular formula is C12H13NO3. The summed E-state index contributed by atoms with van der Waals surface area (Å²) in [6, 6.07) is 5.52. The highest BCUT2D eigenvalue weighted by Crippen LogP contribution is 2.30. The molecular weight excluding hydrogens is 206 g/mol. The topological polar surface area (TPSA) is 51.5 Å². The Labute approximate surface area is 92.7 Å². The lowest BCUT2D eigenvalue weighted by Crippen LogP contribution is -2.18. The molecule has 2 rings (SSSR count). The van der Waals surface area contributed by atoms with E-state index in [0.29, 0.717) is 10.9 Å². The summed E-state index contributed by atoms with van der Waals surface area (Å²) < 4.78 is 6.38. The van der Waals surface area contributed by atoms with Crippen LogP contribution in [0.1, 0.15) is 5.56 Å². The molecule has 1 heterocycles. The minimum atomic E-state index is -0.335. The maximum atomic E-state index is 11.8. The molecule has 0 aliphatic heterocycles. The van der Waals surface area contributed by atoms with Crippen molar-refractivity contribution < 1.29 is 9.84 Å². The van der Waals surface area contributed by atoms with Crippen LogP contribution >= 0.6 is 0 Å². The van der Waals surface area contributed by atoms with E-state index < -0.39 is 0 Å². The number of hydrogen-bond donors (Lipinski definition) is 1. The molecule has 4 heteroatoms. The second kappa shape index (κ2) is 3.56. The Morgan fingerprint density at radius 2 is 2.06 bits per heavy atom. The molecule has 0 atom stereocenters. The van der Waals surface area contributed by atoms with Crippen LogP contribution in [0.25, 0.3) is 10.9 Å². The molecule has 2 aromatic rings. The van der Waals surface area contributed by atoms with Gasteiger partial charge in [-0.1, -0.05) is 6.07 Å². The Morgan fingerprint density at radius 1 is 1.38 bits per heavy atom. The summed E-state index contributed by atoms with van der Waals surface area (Å²) in [5.74, 6) is -0.112. The Kier molecular flexibility index (Phi) is 2.34. The normalized spacial score (nSPS) is 10.7. The zero-order valence-corrected chi connectivity index (χ0v) is 9.44. The van der Waals surface area contributed by atoms with Crippen molar-refractivity contribution >= 4 is 10.9 Å². The number of benzene rings is 1. The second-order valence-electron chi connectivity index (χ2n) is 3.77.